The highest BCUT2D eigenvalue weighted by atomic mass is 16.2. The number of aryl methyl sites for hydroxylation is 1. The van der Waals surface area contributed by atoms with Gasteiger partial charge < -0.3 is 9.47 Å². The van der Waals surface area contributed by atoms with E-state index in [2.05, 4.69) is 45.7 Å². The lowest BCUT2D eigenvalue weighted by atomic mass is 9.84. The number of hydrogen-bond donors (Lipinski definition) is 0. The van der Waals surface area contributed by atoms with Crippen LogP contribution in [0.2, 0.25) is 0 Å². The van der Waals surface area contributed by atoms with E-state index in [0.717, 1.165) is 37.2 Å². The fraction of sp³-hybridized carbons (Fsp3) is 0.348. The number of pyridine rings is 1. The van der Waals surface area contributed by atoms with Crippen molar-refractivity contribution in [2.45, 2.75) is 45.8 Å². The number of rotatable bonds is 7. The summed E-state index contributed by atoms with van der Waals surface area (Å²) >= 11 is 0. The maximum absolute atomic E-state index is 13.0. The van der Waals surface area contributed by atoms with Crippen molar-refractivity contribution in [3.05, 3.63) is 83.7 Å². The minimum Gasteiger partial charge on any atom is -0.331 e. The molecule has 3 aromatic rings. The first-order valence-corrected chi connectivity index (χ1v) is 9.93. The molecule has 0 unspecified atom stereocenters. The normalized spacial score (nSPS) is 13.9. The van der Waals surface area contributed by atoms with Crippen LogP contribution in [0, 0.1) is 12.8 Å². The fourth-order valence-electron chi connectivity index (χ4n) is 3.61. The number of benzene rings is 1. The molecule has 1 amide bonds. The Labute approximate surface area is 166 Å². The van der Waals surface area contributed by atoms with E-state index in [9.17, 15) is 4.79 Å². The van der Waals surface area contributed by atoms with Crippen molar-refractivity contribution in [2.24, 2.45) is 5.92 Å². The Kier molecular flexibility index (Phi) is 5.51. The number of carbonyl (C=O) groups excluding carboxylic acids is 1. The van der Waals surface area contributed by atoms with Gasteiger partial charge in [0, 0.05) is 43.8 Å². The zero-order chi connectivity index (χ0) is 19.3. The Hall–Kier alpha value is -2.95. The van der Waals surface area contributed by atoms with Gasteiger partial charge in [0.1, 0.15) is 5.82 Å². The summed E-state index contributed by atoms with van der Waals surface area (Å²) in [5.74, 6) is 1.32. The van der Waals surface area contributed by atoms with Crippen molar-refractivity contribution < 1.29 is 4.79 Å². The van der Waals surface area contributed by atoms with Gasteiger partial charge in [-0.2, -0.15) is 0 Å². The van der Waals surface area contributed by atoms with E-state index in [-0.39, 0.29) is 11.8 Å². The maximum Gasteiger partial charge on any atom is 0.226 e. The predicted octanol–water partition coefficient (Wildman–Crippen LogP) is 3.96. The molecule has 1 aliphatic carbocycles. The van der Waals surface area contributed by atoms with Gasteiger partial charge in [-0.1, -0.05) is 36.8 Å². The van der Waals surface area contributed by atoms with Crippen molar-refractivity contribution >= 4 is 5.91 Å². The number of imidazole rings is 1. The molecule has 2 heterocycles. The van der Waals surface area contributed by atoms with Gasteiger partial charge in [0.05, 0.1) is 6.54 Å². The molecule has 4 rings (SSSR count). The highest BCUT2D eigenvalue weighted by Crippen LogP contribution is 2.29. The summed E-state index contributed by atoms with van der Waals surface area (Å²) in [5, 5.41) is 0. The van der Waals surface area contributed by atoms with Crippen LogP contribution < -0.4 is 0 Å². The molecular weight excluding hydrogens is 348 g/mol. The molecule has 1 aliphatic rings. The van der Waals surface area contributed by atoms with Crippen LogP contribution >= 0.6 is 0 Å². The second-order valence-corrected chi connectivity index (χ2v) is 7.58. The minimum absolute atomic E-state index is 0.163. The summed E-state index contributed by atoms with van der Waals surface area (Å²) in [7, 11) is 0. The van der Waals surface area contributed by atoms with Gasteiger partial charge in [-0.05, 0) is 42.5 Å². The van der Waals surface area contributed by atoms with Crippen LogP contribution in [-0.4, -0.2) is 25.3 Å². The Morgan fingerprint density at radius 2 is 2.00 bits per heavy atom. The van der Waals surface area contributed by atoms with Gasteiger partial charge in [-0.3, -0.25) is 9.78 Å². The van der Waals surface area contributed by atoms with Crippen LogP contribution in [0.25, 0.3) is 0 Å². The first-order valence-electron chi connectivity index (χ1n) is 9.93. The van der Waals surface area contributed by atoms with Crippen LogP contribution in [0.5, 0.6) is 0 Å². The van der Waals surface area contributed by atoms with E-state index in [4.69, 9.17) is 0 Å². The van der Waals surface area contributed by atoms with E-state index >= 15 is 0 Å². The second-order valence-electron chi connectivity index (χ2n) is 7.58. The highest BCUT2D eigenvalue weighted by Gasteiger charge is 2.30. The number of hydrogen-bond acceptors (Lipinski definition) is 3. The van der Waals surface area contributed by atoms with Gasteiger partial charge in [0.15, 0.2) is 0 Å². The standard InChI is InChI=1S/C23H26N4O/c1-18-6-2-3-8-21(18)16-26-13-12-25-22(26)17-27(23(28)20-9-4-10-20)15-19-7-5-11-24-14-19/h2-3,5-8,11-14,20H,4,9-10,15-17H2,1H3. The predicted molar refractivity (Wildman–Crippen MR) is 108 cm³/mol. The molecule has 1 fully saturated rings. The average Bonchev–Trinajstić information content (AvgIpc) is 3.09. The molecule has 0 N–H and O–H groups in total. The SMILES string of the molecule is Cc1ccccc1Cn1ccnc1CN(Cc1cccnc1)C(=O)C1CCC1. The van der Waals surface area contributed by atoms with Crippen molar-refractivity contribution in [1.82, 2.24) is 19.4 Å². The Morgan fingerprint density at radius 3 is 2.71 bits per heavy atom. The van der Waals surface area contributed by atoms with Crippen molar-refractivity contribution in [3.63, 3.8) is 0 Å². The van der Waals surface area contributed by atoms with E-state index < -0.39 is 0 Å². The van der Waals surface area contributed by atoms with Crippen LogP contribution in [0.15, 0.2) is 61.2 Å². The smallest absolute Gasteiger partial charge is 0.226 e. The van der Waals surface area contributed by atoms with Gasteiger partial charge in [-0.15, -0.1) is 0 Å². The summed E-state index contributed by atoms with van der Waals surface area (Å²) in [6.07, 6.45) is 10.6. The molecule has 5 nitrogen and oxygen atoms in total. The van der Waals surface area contributed by atoms with E-state index in [1.165, 1.54) is 11.1 Å². The molecule has 28 heavy (non-hydrogen) atoms. The molecular formula is C23H26N4O. The van der Waals surface area contributed by atoms with E-state index in [0.29, 0.717) is 13.1 Å². The van der Waals surface area contributed by atoms with Crippen LogP contribution in [-0.2, 0) is 24.4 Å². The number of aromatic nitrogens is 3. The van der Waals surface area contributed by atoms with E-state index in [1.54, 1.807) is 6.20 Å². The zero-order valence-corrected chi connectivity index (χ0v) is 16.3. The quantitative estimate of drug-likeness (QED) is 0.629. The van der Waals surface area contributed by atoms with Gasteiger partial charge in [-0.25, -0.2) is 4.98 Å². The molecule has 0 aliphatic heterocycles. The molecule has 0 saturated heterocycles. The first kappa shape index (κ1) is 18.4. The molecule has 0 bridgehead atoms. The lowest BCUT2D eigenvalue weighted by Gasteiger charge is -2.31. The van der Waals surface area contributed by atoms with Gasteiger partial charge in [0.2, 0.25) is 5.91 Å². The summed E-state index contributed by atoms with van der Waals surface area (Å²) in [4.78, 5) is 23.8. The maximum atomic E-state index is 13.0. The third-order valence-electron chi connectivity index (χ3n) is 5.60. The van der Waals surface area contributed by atoms with Crippen molar-refractivity contribution in [2.75, 3.05) is 0 Å². The lowest BCUT2D eigenvalue weighted by molar-refractivity contribution is -0.139. The molecule has 0 radical (unpaired) electrons. The third kappa shape index (κ3) is 4.14. The number of amides is 1. The molecule has 0 atom stereocenters. The Balaban J connectivity index is 1.54. The van der Waals surface area contributed by atoms with Gasteiger partial charge in [0.25, 0.3) is 0 Å². The summed E-state index contributed by atoms with van der Waals surface area (Å²) in [5.41, 5.74) is 3.58. The monoisotopic (exact) mass is 374 g/mol. The molecule has 1 saturated carbocycles. The van der Waals surface area contributed by atoms with Crippen LogP contribution in [0.3, 0.4) is 0 Å². The summed E-state index contributed by atoms with van der Waals surface area (Å²) in [6, 6.07) is 12.3. The van der Waals surface area contributed by atoms with Crippen molar-refractivity contribution in [3.8, 4) is 0 Å². The third-order valence-corrected chi connectivity index (χ3v) is 5.60. The lowest BCUT2D eigenvalue weighted by Crippen LogP contribution is -2.38. The van der Waals surface area contributed by atoms with Crippen molar-refractivity contribution in [1.29, 1.82) is 0 Å². The van der Waals surface area contributed by atoms with Crippen LogP contribution in [0.1, 0.15) is 41.8 Å². The second kappa shape index (κ2) is 8.38. The molecule has 1 aromatic carbocycles. The fourth-order valence-corrected chi connectivity index (χ4v) is 3.61. The zero-order valence-electron chi connectivity index (χ0n) is 16.3. The molecule has 0 spiro atoms. The molecule has 144 valence electrons. The topological polar surface area (TPSA) is 51.0 Å². The summed E-state index contributed by atoms with van der Waals surface area (Å²) in [6.45, 7) is 3.98. The Bertz CT molecular complexity index is 931. The molecule has 2 aromatic heterocycles. The average molecular weight is 374 g/mol. The number of nitrogens with zero attached hydrogens (tertiary/aromatic N) is 4. The molecule has 5 heteroatoms. The largest absolute Gasteiger partial charge is 0.331 e. The minimum atomic E-state index is 0.163. The summed E-state index contributed by atoms with van der Waals surface area (Å²) < 4.78 is 2.15. The highest BCUT2D eigenvalue weighted by molar-refractivity contribution is 5.79. The number of carbonyl (C=O) groups is 1. The van der Waals surface area contributed by atoms with E-state index in [1.807, 2.05) is 35.6 Å². The van der Waals surface area contributed by atoms with Crippen LogP contribution in [0.4, 0.5) is 0 Å². The first-order chi connectivity index (χ1) is 13.7. The van der Waals surface area contributed by atoms with Gasteiger partial charge >= 0.3 is 0 Å². The Morgan fingerprint density at radius 1 is 1.14 bits per heavy atom.